The zero-order valence-electron chi connectivity index (χ0n) is 9.44. The summed E-state index contributed by atoms with van der Waals surface area (Å²) in [5, 5.41) is 4.09. The number of hydrogen-bond donors (Lipinski definition) is 0. The molecule has 2 heterocycles. The van der Waals surface area contributed by atoms with Crippen molar-refractivity contribution in [3.05, 3.63) is 33.8 Å². The topological polar surface area (TPSA) is 42.9 Å². The van der Waals surface area contributed by atoms with Gasteiger partial charge in [0.2, 0.25) is 0 Å². The van der Waals surface area contributed by atoms with Gasteiger partial charge in [0.15, 0.2) is 11.6 Å². The molecular formula is C12H12N2OS. The largest absolute Gasteiger partial charge is 0.294 e. The van der Waals surface area contributed by atoms with Crippen LogP contribution in [0.3, 0.4) is 0 Å². The minimum atomic E-state index is 0.00564. The summed E-state index contributed by atoms with van der Waals surface area (Å²) >= 11 is 1.63. The van der Waals surface area contributed by atoms with Gasteiger partial charge in [-0.25, -0.2) is 9.97 Å². The third-order valence-corrected chi connectivity index (χ3v) is 3.32. The fourth-order valence-corrected chi connectivity index (χ4v) is 2.36. The molecule has 0 amide bonds. The van der Waals surface area contributed by atoms with Crippen molar-refractivity contribution < 1.29 is 4.79 Å². The second-order valence-electron chi connectivity index (χ2n) is 3.72. The molecule has 2 aromatic heterocycles. The minimum absolute atomic E-state index is 0.00564. The first-order valence-corrected chi connectivity index (χ1v) is 5.91. The third-order valence-electron chi connectivity index (χ3n) is 2.46. The Morgan fingerprint density at radius 3 is 2.56 bits per heavy atom. The molecule has 0 bridgehead atoms. The van der Waals surface area contributed by atoms with Crippen molar-refractivity contribution in [1.82, 2.24) is 9.97 Å². The highest BCUT2D eigenvalue weighted by Gasteiger charge is 2.10. The Bertz CT molecular complexity index is 546. The molecule has 2 rings (SSSR count). The fourth-order valence-electron chi connectivity index (χ4n) is 1.53. The molecule has 0 atom stereocenters. The maximum atomic E-state index is 11.3. The molecule has 0 aromatic carbocycles. The SMILES string of the molecule is CC(=O)c1cnc(-c2cscc2C)nc1C. The highest BCUT2D eigenvalue weighted by molar-refractivity contribution is 7.08. The lowest BCUT2D eigenvalue weighted by molar-refractivity contribution is 0.101. The van der Waals surface area contributed by atoms with Gasteiger partial charge >= 0.3 is 0 Å². The highest BCUT2D eigenvalue weighted by Crippen LogP contribution is 2.24. The second kappa shape index (κ2) is 4.14. The van der Waals surface area contributed by atoms with Crippen LogP contribution in [0.15, 0.2) is 17.0 Å². The van der Waals surface area contributed by atoms with Crippen LogP contribution in [0.5, 0.6) is 0 Å². The molecule has 16 heavy (non-hydrogen) atoms. The number of aromatic nitrogens is 2. The summed E-state index contributed by atoms with van der Waals surface area (Å²) in [6.07, 6.45) is 1.61. The van der Waals surface area contributed by atoms with Gasteiger partial charge in [-0.2, -0.15) is 11.3 Å². The number of hydrogen-bond acceptors (Lipinski definition) is 4. The van der Waals surface area contributed by atoms with Crippen molar-refractivity contribution in [3.8, 4) is 11.4 Å². The average molecular weight is 232 g/mol. The number of carbonyl (C=O) groups is 1. The van der Waals surface area contributed by atoms with Crippen LogP contribution in [-0.4, -0.2) is 15.8 Å². The number of rotatable bonds is 2. The van der Waals surface area contributed by atoms with Gasteiger partial charge in [-0.05, 0) is 31.7 Å². The Morgan fingerprint density at radius 1 is 1.31 bits per heavy atom. The summed E-state index contributed by atoms with van der Waals surface area (Å²) < 4.78 is 0. The quantitative estimate of drug-likeness (QED) is 0.747. The summed E-state index contributed by atoms with van der Waals surface area (Å²) in [7, 11) is 0. The fraction of sp³-hybridized carbons (Fsp3) is 0.250. The molecule has 0 saturated heterocycles. The third kappa shape index (κ3) is 1.88. The van der Waals surface area contributed by atoms with Crippen LogP contribution >= 0.6 is 11.3 Å². The van der Waals surface area contributed by atoms with E-state index in [0.717, 1.165) is 11.3 Å². The summed E-state index contributed by atoms with van der Waals surface area (Å²) in [5.41, 5.74) is 3.54. The highest BCUT2D eigenvalue weighted by atomic mass is 32.1. The summed E-state index contributed by atoms with van der Waals surface area (Å²) in [6, 6.07) is 0. The lowest BCUT2D eigenvalue weighted by Gasteiger charge is -2.03. The Labute approximate surface area is 98.2 Å². The number of nitrogens with zero attached hydrogens (tertiary/aromatic N) is 2. The molecule has 0 saturated carbocycles. The van der Waals surface area contributed by atoms with Crippen LogP contribution in [-0.2, 0) is 0 Å². The van der Waals surface area contributed by atoms with Crippen LogP contribution in [0.1, 0.15) is 28.5 Å². The van der Waals surface area contributed by atoms with Gasteiger partial charge in [0.25, 0.3) is 0 Å². The maximum absolute atomic E-state index is 11.3. The summed E-state index contributed by atoms with van der Waals surface area (Å²) in [6.45, 7) is 5.40. The van der Waals surface area contributed by atoms with E-state index < -0.39 is 0 Å². The first kappa shape index (κ1) is 11.0. The predicted molar refractivity (Wildman–Crippen MR) is 64.8 cm³/mol. The van der Waals surface area contributed by atoms with E-state index >= 15 is 0 Å². The molecule has 0 aliphatic rings. The zero-order valence-corrected chi connectivity index (χ0v) is 10.3. The first-order valence-electron chi connectivity index (χ1n) is 4.97. The van der Waals surface area contributed by atoms with E-state index in [9.17, 15) is 4.79 Å². The van der Waals surface area contributed by atoms with E-state index in [1.807, 2.05) is 19.2 Å². The standard InChI is InChI=1S/C12H12N2OS/c1-7-5-16-6-11(7)12-13-4-10(9(3)15)8(2)14-12/h4-6H,1-3H3. The molecule has 2 aromatic rings. The number of ketones is 1. The van der Waals surface area contributed by atoms with Gasteiger partial charge in [0.1, 0.15) is 0 Å². The van der Waals surface area contributed by atoms with E-state index in [-0.39, 0.29) is 5.78 Å². The molecule has 0 fully saturated rings. The van der Waals surface area contributed by atoms with Crippen molar-refractivity contribution in [2.75, 3.05) is 0 Å². The Kier molecular flexibility index (Phi) is 2.83. The normalized spacial score (nSPS) is 10.4. The smallest absolute Gasteiger partial charge is 0.163 e. The molecular weight excluding hydrogens is 220 g/mol. The molecule has 4 heteroatoms. The molecule has 82 valence electrons. The molecule has 0 radical (unpaired) electrons. The van der Waals surface area contributed by atoms with Gasteiger partial charge in [0.05, 0.1) is 11.3 Å². The lowest BCUT2D eigenvalue weighted by Crippen LogP contribution is -2.02. The number of Topliss-reactive ketones (excluding diaryl/α,β-unsaturated/α-hetero) is 1. The van der Waals surface area contributed by atoms with Gasteiger partial charge in [0, 0.05) is 17.1 Å². The predicted octanol–water partition coefficient (Wildman–Crippen LogP) is 3.02. The zero-order chi connectivity index (χ0) is 11.7. The summed E-state index contributed by atoms with van der Waals surface area (Å²) in [4.78, 5) is 19.9. The Hall–Kier alpha value is -1.55. The number of thiophene rings is 1. The van der Waals surface area contributed by atoms with Crippen LogP contribution in [0.4, 0.5) is 0 Å². The van der Waals surface area contributed by atoms with Gasteiger partial charge in [-0.3, -0.25) is 4.79 Å². The van der Waals surface area contributed by atoms with Crippen molar-refractivity contribution in [1.29, 1.82) is 0 Å². The number of carbonyl (C=O) groups excluding carboxylic acids is 1. The van der Waals surface area contributed by atoms with E-state index in [0.29, 0.717) is 11.4 Å². The van der Waals surface area contributed by atoms with E-state index in [2.05, 4.69) is 15.3 Å². The lowest BCUT2D eigenvalue weighted by atomic mass is 10.1. The molecule has 0 N–H and O–H groups in total. The molecule has 0 spiro atoms. The Balaban J connectivity index is 2.50. The van der Waals surface area contributed by atoms with Crippen molar-refractivity contribution in [2.24, 2.45) is 0 Å². The molecule has 0 aliphatic heterocycles. The van der Waals surface area contributed by atoms with Crippen LogP contribution in [0, 0.1) is 13.8 Å². The van der Waals surface area contributed by atoms with Crippen molar-refractivity contribution in [2.45, 2.75) is 20.8 Å². The minimum Gasteiger partial charge on any atom is -0.294 e. The van der Waals surface area contributed by atoms with E-state index in [1.54, 1.807) is 17.5 Å². The molecule has 3 nitrogen and oxygen atoms in total. The summed E-state index contributed by atoms with van der Waals surface area (Å²) in [5.74, 6) is 0.701. The van der Waals surface area contributed by atoms with Crippen molar-refractivity contribution >= 4 is 17.1 Å². The first-order chi connectivity index (χ1) is 7.59. The van der Waals surface area contributed by atoms with Crippen LogP contribution in [0.25, 0.3) is 11.4 Å². The van der Waals surface area contributed by atoms with Crippen molar-refractivity contribution in [3.63, 3.8) is 0 Å². The van der Waals surface area contributed by atoms with Crippen LogP contribution < -0.4 is 0 Å². The van der Waals surface area contributed by atoms with E-state index in [1.165, 1.54) is 12.5 Å². The Morgan fingerprint density at radius 2 is 2.06 bits per heavy atom. The number of aryl methyl sites for hydroxylation is 2. The maximum Gasteiger partial charge on any atom is 0.163 e. The molecule has 0 aliphatic carbocycles. The van der Waals surface area contributed by atoms with Gasteiger partial charge in [-0.1, -0.05) is 0 Å². The average Bonchev–Trinajstić information content (AvgIpc) is 2.63. The second-order valence-corrected chi connectivity index (χ2v) is 4.46. The molecule has 0 unspecified atom stereocenters. The van der Waals surface area contributed by atoms with Gasteiger partial charge in [-0.15, -0.1) is 0 Å². The van der Waals surface area contributed by atoms with E-state index in [4.69, 9.17) is 0 Å². The van der Waals surface area contributed by atoms with Crippen LogP contribution in [0.2, 0.25) is 0 Å². The van der Waals surface area contributed by atoms with Gasteiger partial charge < -0.3 is 0 Å². The monoisotopic (exact) mass is 232 g/mol.